The van der Waals surface area contributed by atoms with Gasteiger partial charge in [0.2, 0.25) is 0 Å². The van der Waals surface area contributed by atoms with Crippen LogP contribution in [-0.2, 0) is 0 Å². The van der Waals surface area contributed by atoms with Crippen LogP contribution in [0.3, 0.4) is 0 Å². The molecular weight excluding hydrogens is 359 g/mol. The molecule has 0 bridgehead atoms. The molecule has 1 aromatic heterocycles. The third kappa shape index (κ3) is 4.16. The molecule has 7 heteroatoms. The molecule has 0 amide bonds. The van der Waals surface area contributed by atoms with Crippen LogP contribution in [0.4, 0.5) is 24.5 Å². The van der Waals surface area contributed by atoms with Crippen molar-refractivity contribution in [2.45, 2.75) is 12.8 Å². The molecule has 136 valence electrons. The van der Waals surface area contributed by atoms with Gasteiger partial charge in [-0.05, 0) is 37.1 Å². The van der Waals surface area contributed by atoms with E-state index in [1.54, 1.807) is 11.3 Å². The molecule has 1 aliphatic heterocycles. The number of halogens is 3. The van der Waals surface area contributed by atoms with E-state index in [-0.39, 0.29) is 5.69 Å². The van der Waals surface area contributed by atoms with Crippen LogP contribution in [0.1, 0.15) is 12.8 Å². The first kappa shape index (κ1) is 18.3. The Morgan fingerprint density at radius 2 is 1.62 bits per heavy atom. The predicted octanol–water partition coefficient (Wildman–Crippen LogP) is 5.10. The Hall–Kier alpha value is -2.54. The van der Waals surface area contributed by atoms with Gasteiger partial charge in [0.1, 0.15) is 0 Å². The minimum absolute atomic E-state index is 0.390. The molecule has 0 spiro atoms. The summed E-state index contributed by atoms with van der Waals surface area (Å²) < 4.78 is 36.5. The summed E-state index contributed by atoms with van der Waals surface area (Å²) in [6, 6.07) is 10.5. The number of hydrogen-bond acceptors (Lipinski definition) is 4. The van der Waals surface area contributed by atoms with Crippen LogP contribution in [0.25, 0.3) is 11.3 Å². The number of hydrogen-bond donors (Lipinski definition) is 1. The molecular formula is C19H18F3N3S. The van der Waals surface area contributed by atoms with Crippen LogP contribution in [0.2, 0.25) is 0 Å². The zero-order chi connectivity index (χ0) is 18.5. The molecule has 0 radical (unpaired) electrons. The van der Waals surface area contributed by atoms with E-state index in [1.165, 1.54) is 37.2 Å². The van der Waals surface area contributed by atoms with Gasteiger partial charge in [0.05, 0.1) is 16.9 Å². The molecule has 1 fully saturated rings. The largest absolute Gasteiger partial charge is 0.396 e. The lowest BCUT2D eigenvalue weighted by molar-refractivity contribution is 0.449. The molecule has 0 atom stereocenters. The van der Waals surface area contributed by atoms with Crippen molar-refractivity contribution in [3.05, 3.63) is 64.7 Å². The average molecular weight is 377 g/mol. The van der Waals surface area contributed by atoms with Crippen molar-refractivity contribution in [1.29, 1.82) is 0 Å². The van der Waals surface area contributed by atoms with Gasteiger partial charge < -0.3 is 10.6 Å². The van der Waals surface area contributed by atoms with Crippen molar-refractivity contribution in [3.8, 4) is 11.3 Å². The monoisotopic (exact) mass is 377 g/mol. The van der Waals surface area contributed by atoms with Crippen LogP contribution >= 0.6 is 11.3 Å². The number of nitrogens with zero attached hydrogens (tertiary/aromatic N) is 2. The van der Waals surface area contributed by atoms with Gasteiger partial charge in [-0.3, -0.25) is 0 Å². The highest BCUT2D eigenvalue weighted by Crippen LogP contribution is 2.25. The minimum atomic E-state index is -1.53. The summed E-state index contributed by atoms with van der Waals surface area (Å²) >= 11 is 1.64. The quantitative estimate of drug-likeness (QED) is 0.499. The molecule has 0 aliphatic carbocycles. The van der Waals surface area contributed by atoms with Crippen LogP contribution in [0.5, 0.6) is 0 Å². The fraction of sp³-hybridized carbons (Fsp3) is 0.211. The van der Waals surface area contributed by atoms with Gasteiger partial charge in [0, 0.05) is 29.7 Å². The third-order valence-corrected chi connectivity index (χ3v) is 4.72. The van der Waals surface area contributed by atoms with Crippen LogP contribution in [-0.4, -0.2) is 18.1 Å². The van der Waals surface area contributed by atoms with Crippen LogP contribution < -0.4 is 10.6 Å². The molecule has 1 saturated heterocycles. The van der Waals surface area contributed by atoms with E-state index in [4.69, 9.17) is 5.73 Å². The van der Waals surface area contributed by atoms with Gasteiger partial charge >= 0.3 is 0 Å². The summed E-state index contributed by atoms with van der Waals surface area (Å²) in [4.78, 5) is 6.77. The van der Waals surface area contributed by atoms with Gasteiger partial charge in [-0.25, -0.2) is 18.2 Å². The van der Waals surface area contributed by atoms with E-state index in [9.17, 15) is 13.2 Å². The Bertz CT molecular complexity index is 818. The van der Waals surface area contributed by atoms with Gasteiger partial charge in [-0.1, -0.05) is 12.1 Å². The Morgan fingerprint density at radius 1 is 0.923 bits per heavy atom. The number of anilines is 2. The summed E-state index contributed by atoms with van der Waals surface area (Å²) in [5, 5.41) is 2.09. The van der Waals surface area contributed by atoms with E-state index < -0.39 is 17.5 Å². The van der Waals surface area contributed by atoms with Crippen molar-refractivity contribution in [1.82, 2.24) is 4.98 Å². The van der Waals surface area contributed by atoms with Crippen molar-refractivity contribution in [3.63, 3.8) is 0 Å². The van der Waals surface area contributed by atoms with Crippen LogP contribution in [0, 0.1) is 17.5 Å². The average Bonchev–Trinajstić information content (AvgIpc) is 3.38. The first-order valence-corrected chi connectivity index (χ1v) is 9.13. The van der Waals surface area contributed by atoms with Crippen molar-refractivity contribution in [2.75, 3.05) is 23.7 Å². The Balaban J connectivity index is 0.000000170. The summed E-state index contributed by atoms with van der Waals surface area (Å²) in [6.07, 6.45) is 2.65. The summed E-state index contributed by atoms with van der Waals surface area (Å²) in [7, 11) is 0. The Labute approximate surface area is 153 Å². The lowest BCUT2D eigenvalue weighted by Crippen LogP contribution is -2.17. The summed E-state index contributed by atoms with van der Waals surface area (Å²) in [6.45, 7) is 2.41. The molecule has 2 aromatic carbocycles. The molecule has 4 rings (SSSR count). The second-order valence-corrected chi connectivity index (χ2v) is 6.60. The number of benzene rings is 2. The van der Waals surface area contributed by atoms with E-state index in [0.717, 1.165) is 17.8 Å². The van der Waals surface area contributed by atoms with Gasteiger partial charge in [-0.15, -0.1) is 11.3 Å². The van der Waals surface area contributed by atoms with E-state index >= 15 is 0 Å². The van der Waals surface area contributed by atoms with Gasteiger partial charge in [0.15, 0.2) is 17.5 Å². The predicted molar refractivity (Wildman–Crippen MR) is 99.7 cm³/mol. The second kappa shape index (κ2) is 8.23. The maximum Gasteiger partial charge on any atom is 0.196 e. The highest BCUT2D eigenvalue weighted by Gasteiger charge is 2.12. The molecule has 1 aliphatic rings. The zero-order valence-corrected chi connectivity index (χ0v) is 14.8. The highest BCUT2D eigenvalue weighted by molar-refractivity contribution is 7.07. The second-order valence-electron chi connectivity index (χ2n) is 5.88. The van der Waals surface area contributed by atoms with E-state index in [1.807, 2.05) is 5.51 Å². The lowest BCUT2D eigenvalue weighted by Gasteiger charge is -2.17. The third-order valence-electron chi connectivity index (χ3n) is 4.13. The first-order chi connectivity index (χ1) is 12.6. The SMILES string of the molecule is Nc1ccc(F)c(F)c1F.c1nc(-c2ccc(N3CCCC3)cc2)cs1. The maximum atomic E-state index is 12.3. The molecule has 0 saturated carbocycles. The number of nitrogens with two attached hydrogens (primary N) is 1. The van der Waals surface area contributed by atoms with Crippen molar-refractivity contribution in [2.24, 2.45) is 0 Å². The molecule has 3 nitrogen and oxygen atoms in total. The van der Waals surface area contributed by atoms with Crippen LogP contribution in [0.15, 0.2) is 47.3 Å². The standard InChI is InChI=1S/C13H14N2S.C6H4F3N/c1-2-8-15(7-1)12-5-3-11(4-6-12)13-9-16-10-14-13;7-3-1-2-4(10)6(9)5(3)8/h3-6,9-10H,1-2,7-8H2;1-2H,10H2. The smallest absolute Gasteiger partial charge is 0.196 e. The summed E-state index contributed by atoms with van der Waals surface area (Å²) in [5.74, 6) is -4.09. The number of thiazole rings is 1. The molecule has 26 heavy (non-hydrogen) atoms. The lowest BCUT2D eigenvalue weighted by atomic mass is 10.1. The first-order valence-electron chi connectivity index (χ1n) is 8.19. The van der Waals surface area contributed by atoms with Gasteiger partial charge in [-0.2, -0.15) is 0 Å². The maximum absolute atomic E-state index is 12.3. The topological polar surface area (TPSA) is 42.1 Å². The van der Waals surface area contributed by atoms with Crippen molar-refractivity contribution < 1.29 is 13.2 Å². The fourth-order valence-corrected chi connectivity index (χ4v) is 3.28. The highest BCUT2D eigenvalue weighted by atomic mass is 32.1. The molecule has 0 unspecified atom stereocenters. The van der Waals surface area contributed by atoms with Crippen molar-refractivity contribution >= 4 is 22.7 Å². The number of rotatable bonds is 2. The van der Waals surface area contributed by atoms with Gasteiger partial charge in [0.25, 0.3) is 0 Å². The molecule has 3 aromatic rings. The normalized spacial score (nSPS) is 13.4. The van der Waals surface area contributed by atoms with E-state index in [2.05, 4.69) is 39.5 Å². The number of aromatic nitrogens is 1. The number of nitrogen functional groups attached to an aromatic ring is 1. The fourth-order valence-electron chi connectivity index (χ4n) is 2.71. The molecule has 2 N–H and O–H groups in total. The Morgan fingerprint density at radius 3 is 2.19 bits per heavy atom. The van der Waals surface area contributed by atoms with E-state index in [0.29, 0.717) is 0 Å². The molecule has 2 heterocycles. The summed E-state index contributed by atoms with van der Waals surface area (Å²) in [5.41, 5.74) is 10.0. The zero-order valence-electron chi connectivity index (χ0n) is 14.0. The minimum Gasteiger partial charge on any atom is -0.396 e. The Kier molecular flexibility index (Phi) is 5.78.